The van der Waals surface area contributed by atoms with Crippen LogP contribution in [-0.2, 0) is 19.2 Å². The Morgan fingerprint density at radius 3 is 1.81 bits per heavy atom. The van der Waals surface area contributed by atoms with Crippen molar-refractivity contribution < 1.29 is 19.2 Å². The summed E-state index contributed by atoms with van der Waals surface area (Å²) < 4.78 is 0. The van der Waals surface area contributed by atoms with Crippen molar-refractivity contribution >= 4 is 25.1 Å². The minimum absolute atomic E-state index is 0.197. The highest BCUT2D eigenvalue weighted by molar-refractivity contribution is 5.69. The van der Waals surface area contributed by atoms with Gasteiger partial charge in [-0.05, 0) is 6.42 Å². The summed E-state index contributed by atoms with van der Waals surface area (Å²) in [4.78, 5) is 42.8. The lowest BCUT2D eigenvalue weighted by molar-refractivity contribution is -0.122. The molecular formula is C12H16O4. The molecule has 16 heavy (non-hydrogen) atoms. The van der Waals surface area contributed by atoms with Gasteiger partial charge in [0.15, 0.2) is 0 Å². The molecule has 0 aromatic carbocycles. The Morgan fingerprint density at radius 1 is 0.938 bits per heavy atom. The summed E-state index contributed by atoms with van der Waals surface area (Å²) in [5.41, 5.74) is 0. The van der Waals surface area contributed by atoms with Gasteiger partial charge < -0.3 is 19.2 Å². The molecule has 4 heteroatoms. The number of hydrogen-bond acceptors (Lipinski definition) is 4. The second-order valence-electron chi connectivity index (χ2n) is 3.78. The quantitative estimate of drug-likeness (QED) is 0.430. The summed E-state index contributed by atoms with van der Waals surface area (Å²) >= 11 is 0. The first-order valence-corrected chi connectivity index (χ1v) is 5.08. The van der Waals surface area contributed by atoms with E-state index in [0.29, 0.717) is 25.1 Å². The molecule has 0 amide bonds. The van der Waals surface area contributed by atoms with Gasteiger partial charge in [0.1, 0.15) is 25.1 Å². The van der Waals surface area contributed by atoms with Gasteiger partial charge in [0, 0.05) is 23.7 Å². The standard InChI is InChI=1S/C12H16O4/c1-3-10(6-14)12(8-16)4-11(7-15)9(2)5-13/h3,5-12H,1,4H2,2H3. The molecule has 4 nitrogen and oxygen atoms in total. The molecule has 0 radical (unpaired) electrons. The molecule has 0 aromatic heterocycles. The zero-order valence-corrected chi connectivity index (χ0v) is 9.24. The number of carbonyl (C=O) groups excluding carboxylic acids is 4. The molecule has 88 valence electrons. The third kappa shape index (κ3) is 3.88. The summed E-state index contributed by atoms with van der Waals surface area (Å²) in [6, 6.07) is 0. The van der Waals surface area contributed by atoms with Gasteiger partial charge in [0.2, 0.25) is 0 Å². The zero-order chi connectivity index (χ0) is 12.6. The number of hydrogen-bond donors (Lipinski definition) is 0. The molecule has 0 rings (SSSR count). The maximum Gasteiger partial charge on any atom is 0.127 e. The molecule has 0 aliphatic heterocycles. The van der Waals surface area contributed by atoms with Gasteiger partial charge >= 0.3 is 0 Å². The summed E-state index contributed by atoms with van der Waals surface area (Å²) in [5, 5.41) is 0. The Labute approximate surface area is 94.7 Å². The average molecular weight is 224 g/mol. The van der Waals surface area contributed by atoms with Crippen LogP contribution in [-0.4, -0.2) is 25.1 Å². The minimum atomic E-state index is -0.598. The topological polar surface area (TPSA) is 68.3 Å². The SMILES string of the molecule is C=CC(C=O)C(C=O)CC(C=O)C(C)C=O. The van der Waals surface area contributed by atoms with Crippen molar-refractivity contribution in [3.63, 3.8) is 0 Å². The normalized spacial score (nSPS) is 17.6. The van der Waals surface area contributed by atoms with Crippen LogP contribution in [0.15, 0.2) is 12.7 Å². The first-order valence-electron chi connectivity index (χ1n) is 5.08. The highest BCUT2D eigenvalue weighted by Crippen LogP contribution is 2.22. The predicted molar refractivity (Wildman–Crippen MR) is 58.7 cm³/mol. The van der Waals surface area contributed by atoms with Crippen LogP contribution in [0.3, 0.4) is 0 Å². The fourth-order valence-corrected chi connectivity index (χ4v) is 1.44. The molecule has 0 spiro atoms. The maximum absolute atomic E-state index is 10.8. The van der Waals surface area contributed by atoms with E-state index in [2.05, 4.69) is 6.58 Å². The summed E-state index contributed by atoms with van der Waals surface area (Å²) in [7, 11) is 0. The molecule has 0 fully saturated rings. The molecular weight excluding hydrogens is 208 g/mol. The van der Waals surface area contributed by atoms with Crippen LogP contribution in [0.1, 0.15) is 13.3 Å². The van der Waals surface area contributed by atoms with Gasteiger partial charge in [-0.25, -0.2) is 0 Å². The predicted octanol–water partition coefficient (Wildman–Crippen LogP) is 0.843. The van der Waals surface area contributed by atoms with Crippen LogP contribution in [0.4, 0.5) is 0 Å². The summed E-state index contributed by atoms with van der Waals surface area (Å²) in [6.07, 6.45) is 4.15. The van der Waals surface area contributed by atoms with Crippen molar-refractivity contribution in [3.8, 4) is 0 Å². The van der Waals surface area contributed by atoms with E-state index >= 15 is 0 Å². The van der Waals surface area contributed by atoms with Crippen molar-refractivity contribution in [3.05, 3.63) is 12.7 Å². The molecule has 0 aliphatic carbocycles. The lowest BCUT2D eigenvalue weighted by Gasteiger charge is -2.19. The molecule has 0 heterocycles. The van der Waals surface area contributed by atoms with Gasteiger partial charge in [-0.1, -0.05) is 13.0 Å². The first-order chi connectivity index (χ1) is 7.64. The van der Waals surface area contributed by atoms with Crippen molar-refractivity contribution in [1.29, 1.82) is 0 Å². The van der Waals surface area contributed by atoms with Gasteiger partial charge in [0.25, 0.3) is 0 Å². The van der Waals surface area contributed by atoms with E-state index in [1.54, 1.807) is 6.92 Å². The number of aldehydes is 4. The Bertz CT molecular complexity index is 264. The maximum atomic E-state index is 10.8. The van der Waals surface area contributed by atoms with E-state index in [1.165, 1.54) is 6.08 Å². The van der Waals surface area contributed by atoms with E-state index in [9.17, 15) is 19.2 Å². The average Bonchev–Trinajstić information content (AvgIpc) is 2.33. The minimum Gasteiger partial charge on any atom is -0.303 e. The highest BCUT2D eigenvalue weighted by atomic mass is 16.1. The molecule has 0 saturated carbocycles. The third-order valence-corrected chi connectivity index (χ3v) is 2.71. The van der Waals surface area contributed by atoms with E-state index in [0.717, 1.165) is 0 Å². The molecule has 0 aromatic rings. The smallest absolute Gasteiger partial charge is 0.127 e. The molecule has 0 aliphatic rings. The summed E-state index contributed by atoms with van der Waals surface area (Å²) in [5.74, 6) is -2.17. The second kappa shape index (κ2) is 7.68. The number of carbonyl (C=O) groups is 4. The first kappa shape index (κ1) is 14.4. The molecule has 0 saturated heterocycles. The number of allylic oxidation sites excluding steroid dienone is 1. The Hall–Kier alpha value is -1.58. The van der Waals surface area contributed by atoms with Crippen molar-refractivity contribution in [2.45, 2.75) is 13.3 Å². The largest absolute Gasteiger partial charge is 0.303 e. The van der Waals surface area contributed by atoms with Crippen molar-refractivity contribution in [1.82, 2.24) is 0 Å². The van der Waals surface area contributed by atoms with Gasteiger partial charge in [-0.3, -0.25) is 0 Å². The molecule has 0 bridgehead atoms. The molecule has 4 unspecified atom stereocenters. The van der Waals surface area contributed by atoms with Gasteiger partial charge in [-0.15, -0.1) is 6.58 Å². The molecule has 0 N–H and O–H groups in total. The highest BCUT2D eigenvalue weighted by Gasteiger charge is 2.25. The lowest BCUT2D eigenvalue weighted by atomic mass is 9.82. The monoisotopic (exact) mass is 224 g/mol. The van der Waals surface area contributed by atoms with Crippen LogP contribution in [0.2, 0.25) is 0 Å². The zero-order valence-electron chi connectivity index (χ0n) is 9.24. The van der Waals surface area contributed by atoms with E-state index in [1.807, 2.05) is 0 Å². The Morgan fingerprint density at radius 2 is 1.50 bits per heavy atom. The summed E-state index contributed by atoms with van der Waals surface area (Å²) in [6.45, 7) is 5.06. The van der Waals surface area contributed by atoms with E-state index in [-0.39, 0.29) is 6.42 Å². The van der Waals surface area contributed by atoms with Crippen LogP contribution in [0.5, 0.6) is 0 Å². The lowest BCUT2D eigenvalue weighted by Crippen LogP contribution is -2.24. The van der Waals surface area contributed by atoms with E-state index in [4.69, 9.17) is 0 Å². The Balaban J connectivity index is 4.66. The Kier molecular flexibility index (Phi) is 6.92. The number of rotatable bonds is 9. The second-order valence-corrected chi connectivity index (χ2v) is 3.78. The van der Waals surface area contributed by atoms with Crippen LogP contribution < -0.4 is 0 Å². The fourth-order valence-electron chi connectivity index (χ4n) is 1.44. The fraction of sp³-hybridized carbons (Fsp3) is 0.500. The van der Waals surface area contributed by atoms with Gasteiger partial charge in [0.05, 0.1) is 0 Å². The van der Waals surface area contributed by atoms with Gasteiger partial charge in [-0.2, -0.15) is 0 Å². The van der Waals surface area contributed by atoms with Crippen molar-refractivity contribution in [2.75, 3.05) is 0 Å². The van der Waals surface area contributed by atoms with Crippen molar-refractivity contribution in [2.24, 2.45) is 23.7 Å². The van der Waals surface area contributed by atoms with Crippen LogP contribution in [0, 0.1) is 23.7 Å². The molecule has 4 atom stereocenters. The van der Waals surface area contributed by atoms with Crippen LogP contribution >= 0.6 is 0 Å². The van der Waals surface area contributed by atoms with Crippen LogP contribution in [0.25, 0.3) is 0 Å². The third-order valence-electron chi connectivity index (χ3n) is 2.71. The van der Waals surface area contributed by atoms with E-state index < -0.39 is 23.7 Å².